The molecule has 1 N–H and O–H groups in total. The van der Waals surface area contributed by atoms with Gasteiger partial charge in [0.1, 0.15) is 5.75 Å². The quantitative estimate of drug-likeness (QED) is 0.833. The van der Waals surface area contributed by atoms with Crippen molar-refractivity contribution in [1.29, 1.82) is 0 Å². The summed E-state index contributed by atoms with van der Waals surface area (Å²) in [6.45, 7) is 4.84. The molecular formula is C16H25NO3. The van der Waals surface area contributed by atoms with Gasteiger partial charge in [0.25, 0.3) is 0 Å². The molecule has 4 nitrogen and oxygen atoms in total. The normalized spacial score (nSPS) is 11.7. The number of nitrogens with zero attached hydrogens (tertiary/aromatic N) is 1. The summed E-state index contributed by atoms with van der Waals surface area (Å²) in [5.74, 6) is -0.0411. The van der Waals surface area contributed by atoms with Gasteiger partial charge in [-0.3, -0.25) is 4.79 Å². The van der Waals surface area contributed by atoms with E-state index in [2.05, 4.69) is 11.0 Å². The number of carbonyl (C=O) groups is 1. The Morgan fingerprint density at radius 2 is 2.00 bits per heavy atom. The largest absolute Gasteiger partial charge is 0.496 e. The Morgan fingerprint density at radius 1 is 1.35 bits per heavy atom. The van der Waals surface area contributed by atoms with Crippen LogP contribution in [0.15, 0.2) is 18.2 Å². The van der Waals surface area contributed by atoms with Gasteiger partial charge < -0.3 is 14.7 Å². The lowest BCUT2D eigenvalue weighted by molar-refractivity contribution is -0.138. The molecule has 112 valence electrons. The van der Waals surface area contributed by atoms with Crippen LogP contribution in [0.4, 0.5) is 0 Å². The topological polar surface area (TPSA) is 49.8 Å². The van der Waals surface area contributed by atoms with Gasteiger partial charge in [0.2, 0.25) is 0 Å². The maximum Gasteiger partial charge on any atom is 0.304 e. The second-order valence-electron chi connectivity index (χ2n) is 6.04. The first-order chi connectivity index (χ1) is 9.26. The van der Waals surface area contributed by atoms with Crippen LogP contribution < -0.4 is 4.74 Å². The van der Waals surface area contributed by atoms with Crippen molar-refractivity contribution >= 4 is 5.97 Å². The average Bonchev–Trinajstić information content (AvgIpc) is 2.34. The molecule has 0 fully saturated rings. The Labute approximate surface area is 121 Å². The standard InChI is InChI=1S/C16H25NO3/c1-16(2,11-15(18)19)13-10-12(8-9-17(3)4)6-7-14(13)20-5/h6-7,10H,8-9,11H2,1-5H3,(H,18,19). The van der Waals surface area contributed by atoms with Crippen LogP contribution in [-0.4, -0.2) is 43.7 Å². The molecule has 0 aliphatic carbocycles. The molecule has 0 aliphatic heterocycles. The smallest absolute Gasteiger partial charge is 0.304 e. The first kappa shape index (κ1) is 16.5. The Balaban J connectivity index is 3.08. The van der Waals surface area contributed by atoms with Crippen LogP contribution in [0.1, 0.15) is 31.4 Å². The van der Waals surface area contributed by atoms with Crippen LogP contribution >= 0.6 is 0 Å². The highest BCUT2D eigenvalue weighted by molar-refractivity contribution is 5.69. The van der Waals surface area contributed by atoms with Crippen molar-refractivity contribution in [3.05, 3.63) is 29.3 Å². The van der Waals surface area contributed by atoms with Gasteiger partial charge in [-0.15, -0.1) is 0 Å². The van der Waals surface area contributed by atoms with E-state index < -0.39 is 11.4 Å². The molecule has 1 aromatic rings. The summed E-state index contributed by atoms with van der Waals surface area (Å²) >= 11 is 0. The summed E-state index contributed by atoms with van der Waals surface area (Å²) in [4.78, 5) is 13.2. The molecule has 0 aromatic heterocycles. The number of methoxy groups -OCH3 is 1. The molecule has 20 heavy (non-hydrogen) atoms. The van der Waals surface area contributed by atoms with Crippen molar-refractivity contribution in [2.24, 2.45) is 0 Å². The maximum atomic E-state index is 11.0. The molecule has 0 spiro atoms. The third-order valence-electron chi connectivity index (χ3n) is 3.43. The van der Waals surface area contributed by atoms with Crippen molar-refractivity contribution in [2.75, 3.05) is 27.7 Å². The van der Waals surface area contributed by atoms with Gasteiger partial charge in [0.05, 0.1) is 13.5 Å². The molecule has 0 atom stereocenters. The molecule has 0 aliphatic rings. The fourth-order valence-electron chi connectivity index (χ4n) is 2.27. The van der Waals surface area contributed by atoms with Gasteiger partial charge in [0.15, 0.2) is 0 Å². The van der Waals surface area contributed by atoms with E-state index in [-0.39, 0.29) is 6.42 Å². The SMILES string of the molecule is COc1ccc(CCN(C)C)cc1C(C)(C)CC(=O)O. The molecule has 1 aromatic carbocycles. The number of likely N-dealkylation sites (N-methyl/N-ethyl adjacent to an activating group) is 1. The van der Waals surface area contributed by atoms with Gasteiger partial charge in [-0.2, -0.15) is 0 Å². The minimum atomic E-state index is -0.796. The van der Waals surface area contributed by atoms with Crippen molar-refractivity contribution in [3.63, 3.8) is 0 Å². The minimum absolute atomic E-state index is 0.0838. The van der Waals surface area contributed by atoms with Gasteiger partial charge in [-0.25, -0.2) is 0 Å². The highest BCUT2D eigenvalue weighted by atomic mass is 16.5. The van der Waals surface area contributed by atoms with E-state index in [1.54, 1.807) is 7.11 Å². The number of benzene rings is 1. The predicted molar refractivity (Wildman–Crippen MR) is 80.5 cm³/mol. The molecule has 0 unspecified atom stereocenters. The molecule has 4 heteroatoms. The molecular weight excluding hydrogens is 254 g/mol. The zero-order valence-corrected chi connectivity index (χ0v) is 13.1. The van der Waals surface area contributed by atoms with E-state index >= 15 is 0 Å². The lowest BCUT2D eigenvalue weighted by atomic mass is 9.80. The second-order valence-corrected chi connectivity index (χ2v) is 6.04. The lowest BCUT2D eigenvalue weighted by Gasteiger charge is -2.26. The molecule has 0 bridgehead atoms. The molecule has 0 saturated heterocycles. The van der Waals surface area contributed by atoms with Crippen molar-refractivity contribution in [2.45, 2.75) is 32.1 Å². The van der Waals surface area contributed by atoms with Crippen LogP contribution in [0.2, 0.25) is 0 Å². The summed E-state index contributed by atoms with van der Waals surface area (Å²) in [6.07, 6.45) is 1.02. The van der Waals surface area contributed by atoms with E-state index in [9.17, 15) is 4.79 Å². The number of aliphatic carboxylic acids is 1. The number of ether oxygens (including phenoxy) is 1. The Hall–Kier alpha value is -1.55. The first-order valence-corrected chi connectivity index (χ1v) is 6.80. The molecule has 0 saturated carbocycles. The monoisotopic (exact) mass is 279 g/mol. The van der Waals surface area contributed by atoms with Crippen molar-refractivity contribution < 1.29 is 14.6 Å². The van der Waals surface area contributed by atoms with Crippen LogP contribution in [0.5, 0.6) is 5.75 Å². The fourth-order valence-corrected chi connectivity index (χ4v) is 2.27. The number of hydrogen-bond donors (Lipinski definition) is 1. The third-order valence-corrected chi connectivity index (χ3v) is 3.43. The van der Waals surface area contributed by atoms with Gasteiger partial charge in [-0.05, 0) is 32.1 Å². The summed E-state index contributed by atoms with van der Waals surface area (Å²) in [6, 6.07) is 6.05. The molecule has 0 radical (unpaired) electrons. The first-order valence-electron chi connectivity index (χ1n) is 6.80. The number of carboxylic acid groups (broad SMARTS) is 1. The van der Waals surface area contributed by atoms with E-state index in [1.807, 2.05) is 40.1 Å². The van der Waals surface area contributed by atoms with Gasteiger partial charge >= 0.3 is 5.97 Å². The molecule has 0 heterocycles. The maximum absolute atomic E-state index is 11.0. The van der Waals surface area contributed by atoms with Crippen LogP contribution in [0.3, 0.4) is 0 Å². The fraction of sp³-hybridized carbons (Fsp3) is 0.562. The average molecular weight is 279 g/mol. The second kappa shape index (κ2) is 6.75. The Morgan fingerprint density at radius 3 is 2.50 bits per heavy atom. The van der Waals surface area contributed by atoms with Gasteiger partial charge in [-0.1, -0.05) is 26.0 Å². The van der Waals surface area contributed by atoms with E-state index in [4.69, 9.17) is 9.84 Å². The van der Waals surface area contributed by atoms with Crippen molar-refractivity contribution in [3.8, 4) is 5.75 Å². The zero-order valence-electron chi connectivity index (χ0n) is 13.1. The predicted octanol–water partition coefficient (Wildman–Crippen LogP) is 2.55. The number of hydrogen-bond acceptors (Lipinski definition) is 3. The van der Waals surface area contributed by atoms with E-state index in [0.29, 0.717) is 0 Å². The minimum Gasteiger partial charge on any atom is -0.496 e. The van der Waals surface area contributed by atoms with Gasteiger partial charge in [0, 0.05) is 17.5 Å². The van der Waals surface area contributed by atoms with E-state index in [0.717, 1.165) is 24.3 Å². The van der Waals surface area contributed by atoms with Crippen LogP contribution in [0, 0.1) is 0 Å². The zero-order chi connectivity index (χ0) is 15.3. The summed E-state index contributed by atoms with van der Waals surface area (Å²) in [5.41, 5.74) is 1.71. The third kappa shape index (κ3) is 4.53. The highest BCUT2D eigenvalue weighted by Gasteiger charge is 2.27. The number of carboxylic acids is 1. The van der Waals surface area contributed by atoms with Crippen LogP contribution in [-0.2, 0) is 16.6 Å². The van der Waals surface area contributed by atoms with Crippen molar-refractivity contribution in [1.82, 2.24) is 4.90 Å². The Bertz CT molecular complexity index is 467. The summed E-state index contributed by atoms with van der Waals surface area (Å²) < 4.78 is 5.39. The highest BCUT2D eigenvalue weighted by Crippen LogP contribution is 2.35. The molecule has 1 rings (SSSR count). The van der Waals surface area contributed by atoms with E-state index in [1.165, 1.54) is 5.56 Å². The lowest BCUT2D eigenvalue weighted by Crippen LogP contribution is -2.23. The summed E-state index contributed by atoms with van der Waals surface area (Å²) in [7, 11) is 5.70. The summed E-state index contributed by atoms with van der Waals surface area (Å²) in [5, 5.41) is 9.07. The number of rotatable bonds is 7. The Kier molecular flexibility index (Phi) is 5.57. The molecule has 0 amide bonds. The van der Waals surface area contributed by atoms with Crippen LogP contribution in [0.25, 0.3) is 0 Å².